The number of aryl methyl sites for hydroxylation is 1. The van der Waals surface area contributed by atoms with E-state index >= 15 is 0 Å². The average Bonchev–Trinajstić information content (AvgIpc) is 2.78. The highest BCUT2D eigenvalue weighted by Gasteiger charge is 2.09. The van der Waals surface area contributed by atoms with Gasteiger partial charge in [-0.3, -0.25) is 14.6 Å². The molecule has 0 spiro atoms. The number of aromatic amines is 2. The summed E-state index contributed by atoms with van der Waals surface area (Å²) in [6.45, 7) is 5.47. The minimum Gasteiger partial charge on any atom is -0.367 e. The largest absolute Gasteiger partial charge is 0.367 e. The van der Waals surface area contributed by atoms with Gasteiger partial charge in [0.25, 0.3) is 5.56 Å². The van der Waals surface area contributed by atoms with E-state index in [0.717, 1.165) is 24.3 Å². The zero-order valence-corrected chi connectivity index (χ0v) is 18.2. The molecule has 0 fully saturated rings. The summed E-state index contributed by atoms with van der Waals surface area (Å²) in [5.41, 5.74) is 5.50. The SMILES string of the molecule is CCN(Cc1ccccc1)c1ccc(/C=N/NC(=O)CCc2c(C)[nH]c(=O)[nH]c2=O)cc1. The Kier molecular flexibility index (Phi) is 7.75. The number of nitrogens with zero attached hydrogens (tertiary/aromatic N) is 2. The van der Waals surface area contributed by atoms with Crippen molar-refractivity contribution >= 4 is 17.8 Å². The topological polar surface area (TPSA) is 110 Å². The molecule has 0 bridgehead atoms. The van der Waals surface area contributed by atoms with Gasteiger partial charge in [0.2, 0.25) is 5.91 Å². The van der Waals surface area contributed by atoms with Crippen LogP contribution in [0.2, 0.25) is 0 Å². The van der Waals surface area contributed by atoms with E-state index in [1.165, 1.54) is 5.56 Å². The second kappa shape index (κ2) is 10.9. The van der Waals surface area contributed by atoms with Gasteiger partial charge in [0, 0.05) is 36.5 Å². The number of hydrogen-bond donors (Lipinski definition) is 3. The molecule has 3 rings (SSSR count). The predicted molar refractivity (Wildman–Crippen MR) is 126 cm³/mol. The van der Waals surface area contributed by atoms with Gasteiger partial charge in [-0.15, -0.1) is 0 Å². The molecule has 3 N–H and O–H groups in total. The van der Waals surface area contributed by atoms with Gasteiger partial charge in [-0.05, 0) is 43.5 Å². The number of aromatic nitrogens is 2. The molecule has 166 valence electrons. The third-order valence-electron chi connectivity index (χ3n) is 5.12. The van der Waals surface area contributed by atoms with Crippen molar-refractivity contribution in [1.29, 1.82) is 0 Å². The molecule has 0 aliphatic heterocycles. The normalized spacial score (nSPS) is 10.9. The van der Waals surface area contributed by atoms with E-state index in [-0.39, 0.29) is 18.7 Å². The molecule has 32 heavy (non-hydrogen) atoms. The van der Waals surface area contributed by atoms with E-state index < -0.39 is 11.2 Å². The molecule has 2 aromatic carbocycles. The van der Waals surface area contributed by atoms with Crippen LogP contribution >= 0.6 is 0 Å². The van der Waals surface area contributed by atoms with Crippen molar-refractivity contribution in [3.63, 3.8) is 0 Å². The van der Waals surface area contributed by atoms with Crippen molar-refractivity contribution in [2.24, 2.45) is 5.10 Å². The summed E-state index contributed by atoms with van der Waals surface area (Å²) in [4.78, 5) is 42.1. The van der Waals surface area contributed by atoms with Crippen LogP contribution in [0, 0.1) is 6.92 Å². The van der Waals surface area contributed by atoms with Crippen LogP contribution in [0.1, 0.15) is 35.7 Å². The Morgan fingerprint density at radius 1 is 1.06 bits per heavy atom. The van der Waals surface area contributed by atoms with Crippen LogP contribution in [0.3, 0.4) is 0 Å². The Hall–Kier alpha value is -3.94. The molecule has 0 saturated heterocycles. The third kappa shape index (κ3) is 6.28. The summed E-state index contributed by atoms with van der Waals surface area (Å²) in [5.74, 6) is -0.317. The van der Waals surface area contributed by atoms with Crippen LogP contribution in [0.25, 0.3) is 0 Å². The van der Waals surface area contributed by atoms with Crippen molar-refractivity contribution in [2.75, 3.05) is 11.4 Å². The van der Waals surface area contributed by atoms with Crippen LogP contribution in [-0.4, -0.2) is 28.6 Å². The van der Waals surface area contributed by atoms with Gasteiger partial charge in [-0.25, -0.2) is 10.2 Å². The number of carbonyl (C=O) groups excluding carboxylic acids is 1. The Labute approximate surface area is 186 Å². The maximum Gasteiger partial charge on any atom is 0.325 e. The molecule has 1 aromatic heterocycles. The fourth-order valence-corrected chi connectivity index (χ4v) is 3.36. The number of hydrogen-bond acceptors (Lipinski definition) is 5. The molecule has 1 heterocycles. The van der Waals surface area contributed by atoms with E-state index in [1.54, 1.807) is 13.1 Å². The molecule has 0 atom stereocenters. The highest BCUT2D eigenvalue weighted by Crippen LogP contribution is 2.17. The zero-order chi connectivity index (χ0) is 22.9. The minimum absolute atomic E-state index is 0.0805. The highest BCUT2D eigenvalue weighted by molar-refractivity contribution is 5.83. The number of carbonyl (C=O) groups is 1. The molecule has 1 amide bonds. The lowest BCUT2D eigenvalue weighted by Crippen LogP contribution is -2.28. The molecule has 0 saturated carbocycles. The second-order valence-electron chi connectivity index (χ2n) is 7.40. The average molecular weight is 434 g/mol. The van der Waals surface area contributed by atoms with Gasteiger partial charge < -0.3 is 9.88 Å². The highest BCUT2D eigenvalue weighted by atomic mass is 16.2. The summed E-state index contributed by atoms with van der Waals surface area (Å²) in [5, 5.41) is 3.99. The molecule has 0 aliphatic carbocycles. The van der Waals surface area contributed by atoms with Gasteiger partial charge in [0.05, 0.1) is 6.21 Å². The van der Waals surface area contributed by atoms with Crippen molar-refractivity contribution in [3.8, 4) is 0 Å². The molecule has 0 aliphatic rings. The summed E-state index contributed by atoms with van der Waals surface area (Å²) < 4.78 is 0. The number of nitrogens with one attached hydrogen (secondary N) is 3. The van der Waals surface area contributed by atoms with Gasteiger partial charge in [0.1, 0.15) is 0 Å². The number of amides is 1. The number of benzene rings is 2. The van der Waals surface area contributed by atoms with Crippen molar-refractivity contribution in [3.05, 3.63) is 97.8 Å². The predicted octanol–water partition coefficient (Wildman–Crippen LogP) is 2.48. The molecule has 8 nitrogen and oxygen atoms in total. The van der Waals surface area contributed by atoms with Gasteiger partial charge in [-0.1, -0.05) is 42.5 Å². The quantitative estimate of drug-likeness (QED) is 0.356. The van der Waals surface area contributed by atoms with Crippen LogP contribution in [-0.2, 0) is 17.8 Å². The van der Waals surface area contributed by atoms with E-state index in [9.17, 15) is 14.4 Å². The first-order valence-electron chi connectivity index (χ1n) is 10.5. The van der Waals surface area contributed by atoms with E-state index in [0.29, 0.717) is 11.3 Å². The molecular weight excluding hydrogens is 406 g/mol. The van der Waals surface area contributed by atoms with Crippen LogP contribution < -0.4 is 21.6 Å². The fourth-order valence-electron chi connectivity index (χ4n) is 3.36. The number of rotatable bonds is 9. The summed E-state index contributed by atoms with van der Waals surface area (Å²) in [6, 6.07) is 18.3. The maximum absolute atomic E-state index is 12.0. The lowest BCUT2D eigenvalue weighted by Gasteiger charge is -2.23. The van der Waals surface area contributed by atoms with Crippen molar-refractivity contribution in [2.45, 2.75) is 33.2 Å². The Morgan fingerprint density at radius 3 is 2.44 bits per heavy atom. The van der Waals surface area contributed by atoms with Crippen LogP contribution in [0.5, 0.6) is 0 Å². The molecular formula is C24H27N5O3. The third-order valence-corrected chi connectivity index (χ3v) is 5.12. The summed E-state index contributed by atoms with van der Waals surface area (Å²) in [6.07, 6.45) is 1.87. The number of anilines is 1. The number of hydrazone groups is 1. The fraction of sp³-hybridized carbons (Fsp3) is 0.250. The van der Waals surface area contributed by atoms with Crippen molar-refractivity contribution in [1.82, 2.24) is 15.4 Å². The van der Waals surface area contributed by atoms with Gasteiger partial charge >= 0.3 is 5.69 Å². The number of H-pyrrole nitrogens is 2. The van der Waals surface area contributed by atoms with E-state index in [2.05, 4.69) is 44.5 Å². The van der Waals surface area contributed by atoms with Gasteiger partial charge in [0.15, 0.2) is 0 Å². The van der Waals surface area contributed by atoms with Crippen molar-refractivity contribution < 1.29 is 4.79 Å². The first-order valence-corrected chi connectivity index (χ1v) is 10.5. The maximum atomic E-state index is 12.0. The first kappa shape index (κ1) is 22.7. The molecule has 0 radical (unpaired) electrons. The lowest BCUT2D eigenvalue weighted by atomic mass is 10.1. The Balaban J connectivity index is 1.52. The summed E-state index contributed by atoms with van der Waals surface area (Å²) >= 11 is 0. The van der Waals surface area contributed by atoms with E-state index in [4.69, 9.17) is 0 Å². The van der Waals surface area contributed by atoms with Crippen LogP contribution in [0.4, 0.5) is 5.69 Å². The lowest BCUT2D eigenvalue weighted by molar-refractivity contribution is -0.121. The molecule has 8 heteroatoms. The standard InChI is InChI=1S/C24H27N5O3/c1-3-29(16-19-7-5-4-6-8-19)20-11-9-18(10-12-20)15-25-28-22(30)14-13-21-17(2)26-24(32)27-23(21)31/h4-12,15H,3,13-14,16H2,1-2H3,(H,28,30)(H2,26,27,31,32)/b25-15+. The second-order valence-corrected chi connectivity index (χ2v) is 7.40. The minimum atomic E-state index is -0.557. The molecule has 3 aromatic rings. The van der Waals surface area contributed by atoms with E-state index in [1.807, 2.05) is 42.5 Å². The Bertz CT molecular complexity index is 1180. The zero-order valence-electron chi connectivity index (χ0n) is 18.2. The smallest absolute Gasteiger partial charge is 0.325 e. The first-order chi connectivity index (χ1) is 15.5. The molecule has 0 unspecified atom stereocenters. The monoisotopic (exact) mass is 433 g/mol. The Morgan fingerprint density at radius 2 is 1.78 bits per heavy atom. The van der Waals surface area contributed by atoms with Crippen LogP contribution in [0.15, 0.2) is 69.3 Å². The van der Waals surface area contributed by atoms with Gasteiger partial charge in [-0.2, -0.15) is 5.10 Å². The summed E-state index contributed by atoms with van der Waals surface area (Å²) in [7, 11) is 0.